The predicted molar refractivity (Wildman–Crippen MR) is 72.7 cm³/mol. The minimum absolute atomic E-state index is 0.517. The average Bonchev–Trinajstić information content (AvgIpc) is 3.04. The van der Waals surface area contributed by atoms with Crippen LogP contribution in [0, 0.1) is 0 Å². The molecule has 0 aliphatic carbocycles. The lowest BCUT2D eigenvalue weighted by molar-refractivity contribution is 0.357. The van der Waals surface area contributed by atoms with Crippen LogP contribution >= 0.6 is 11.3 Å². The van der Waals surface area contributed by atoms with E-state index in [0.29, 0.717) is 6.04 Å². The lowest BCUT2D eigenvalue weighted by Gasteiger charge is -2.23. The Morgan fingerprint density at radius 1 is 1.56 bits per heavy atom. The first kappa shape index (κ1) is 11.9. The fraction of sp³-hybridized carbons (Fsp3) is 0.538. The van der Waals surface area contributed by atoms with Gasteiger partial charge in [-0.25, -0.2) is 9.67 Å². The van der Waals surface area contributed by atoms with E-state index in [2.05, 4.69) is 43.8 Å². The summed E-state index contributed by atoms with van der Waals surface area (Å²) >= 11 is 1.75. The third-order valence-corrected chi connectivity index (χ3v) is 4.13. The highest BCUT2D eigenvalue weighted by Gasteiger charge is 2.20. The number of hydrogen-bond donors (Lipinski definition) is 1. The van der Waals surface area contributed by atoms with Gasteiger partial charge in [-0.05, 0) is 28.8 Å². The van der Waals surface area contributed by atoms with Gasteiger partial charge >= 0.3 is 0 Å². The highest BCUT2D eigenvalue weighted by molar-refractivity contribution is 7.07. The van der Waals surface area contributed by atoms with Crippen LogP contribution in [0.2, 0.25) is 0 Å². The normalized spacial score (nSPS) is 18.8. The fourth-order valence-corrected chi connectivity index (χ4v) is 3.00. The second kappa shape index (κ2) is 5.20. The van der Waals surface area contributed by atoms with Crippen LogP contribution in [-0.2, 0) is 25.9 Å². The van der Waals surface area contributed by atoms with Crippen molar-refractivity contribution in [2.45, 2.75) is 45.3 Å². The molecule has 4 nitrogen and oxygen atoms in total. The Hall–Kier alpha value is -1.20. The molecule has 2 aromatic heterocycles. The molecule has 1 aliphatic rings. The van der Waals surface area contributed by atoms with Crippen LogP contribution in [0.1, 0.15) is 30.6 Å². The van der Waals surface area contributed by atoms with Crippen LogP contribution in [0.25, 0.3) is 0 Å². The molecule has 0 unspecified atom stereocenters. The van der Waals surface area contributed by atoms with Gasteiger partial charge in [-0.1, -0.05) is 6.92 Å². The van der Waals surface area contributed by atoms with Crippen molar-refractivity contribution in [2.24, 2.45) is 0 Å². The molecule has 5 heteroatoms. The van der Waals surface area contributed by atoms with Crippen molar-refractivity contribution in [3.63, 3.8) is 0 Å². The summed E-state index contributed by atoms with van der Waals surface area (Å²) in [5.74, 6) is 2.13. The average molecular weight is 262 g/mol. The Labute approximate surface area is 111 Å². The van der Waals surface area contributed by atoms with Gasteiger partial charge in [0.2, 0.25) is 0 Å². The molecule has 2 aromatic rings. The largest absolute Gasteiger partial charge is 0.308 e. The van der Waals surface area contributed by atoms with E-state index in [4.69, 9.17) is 0 Å². The van der Waals surface area contributed by atoms with Crippen LogP contribution in [0.5, 0.6) is 0 Å². The highest BCUT2D eigenvalue weighted by Crippen LogP contribution is 2.14. The zero-order valence-electron chi connectivity index (χ0n) is 10.6. The van der Waals surface area contributed by atoms with Crippen molar-refractivity contribution in [3.8, 4) is 0 Å². The molecule has 1 atom stereocenters. The van der Waals surface area contributed by atoms with Crippen LogP contribution < -0.4 is 5.32 Å². The molecule has 0 spiro atoms. The standard InChI is InChI=1S/C13H18N4S/c1-2-12-15-13-4-3-11(8-17(13)16-12)14-7-10-5-6-18-9-10/h5-6,9,11,14H,2-4,7-8H2,1H3/t11-/m1/s1. The predicted octanol–water partition coefficient (Wildman–Crippen LogP) is 2.01. The minimum Gasteiger partial charge on any atom is -0.308 e. The van der Waals surface area contributed by atoms with Crippen molar-refractivity contribution in [3.05, 3.63) is 34.0 Å². The van der Waals surface area contributed by atoms with E-state index in [0.717, 1.165) is 44.0 Å². The maximum Gasteiger partial charge on any atom is 0.150 e. The lowest BCUT2D eigenvalue weighted by Crippen LogP contribution is -2.37. The van der Waals surface area contributed by atoms with Gasteiger partial charge in [-0.2, -0.15) is 16.4 Å². The van der Waals surface area contributed by atoms with Gasteiger partial charge < -0.3 is 5.32 Å². The van der Waals surface area contributed by atoms with Gasteiger partial charge in [0.1, 0.15) is 5.82 Å². The van der Waals surface area contributed by atoms with E-state index in [1.54, 1.807) is 11.3 Å². The number of fused-ring (bicyclic) bond motifs is 1. The second-order valence-electron chi connectivity index (χ2n) is 4.73. The SMILES string of the molecule is CCc1nc2n(n1)C[C@H](NCc1ccsc1)CC2. The summed E-state index contributed by atoms with van der Waals surface area (Å²) in [5.41, 5.74) is 1.37. The van der Waals surface area contributed by atoms with Gasteiger partial charge in [0.15, 0.2) is 5.82 Å². The number of nitrogens with zero attached hydrogens (tertiary/aromatic N) is 3. The number of rotatable bonds is 4. The van der Waals surface area contributed by atoms with Gasteiger partial charge in [-0.3, -0.25) is 0 Å². The third-order valence-electron chi connectivity index (χ3n) is 3.39. The third kappa shape index (κ3) is 2.47. The number of aromatic nitrogens is 3. The molecule has 0 amide bonds. The van der Waals surface area contributed by atoms with Crippen LogP contribution in [-0.4, -0.2) is 20.8 Å². The van der Waals surface area contributed by atoms with E-state index in [1.165, 1.54) is 5.56 Å². The van der Waals surface area contributed by atoms with E-state index >= 15 is 0 Å². The fourth-order valence-electron chi connectivity index (χ4n) is 2.33. The molecule has 0 radical (unpaired) electrons. The summed E-state index contributed by atoms with van der Waals surface area (Å²) < 4.78 is 2.08. The summed E-state index contributed by atoms with van der Waals surface area (Å²) in [4.78, 5) is 4.54. The number of thiophene rings is 1. The Balaban J connectivity index is 1.60. The maximum atomic E-state index is 4.54. The first-order valence-electron chi connectivity index (χ1n) is 6.52. The first-order valence-corrected chi connectivity index (χ1v) is 7.46. The topological polar surface area (TPSA) is 42.7 Å². The molecule has 1 aliphatic heterocycles. The molecule has 0 bridgehead atoms. The van der Waals surface area contributed by atoms with E-state index in [9.17, 15) is 0 Å². The molecule has 3 heterocycles. The van der Waals surface area contributed by atoms with Crippen molar-refractivity contribution in [1.29, 1.82) is 0 Å². The quantitative estimate of drug-likeness (QED) is 0.916. The van der Waals surface area contributed by atoms with Crippen LogP contribution in [0.15, 0.2) is 16.8 Å². The van der Waals surface area contributed by atoms with Crippen molar-refractivity contribution >= 4 is 11.3 Å². The number of nitrogens with one attached hydrogen (secondary N) is 1. The molecule has 0 saturated carbocycles. The summed E-state index contributed by atoms with van der Waals surface area (Å²) in [5, 5.41) is 12.5. The molecule has 18 heavy (non-hydrogen) atoms. The second-order valence-corrected chi connectivity index (χ2v) is 5.51. The lowest BCUT2D eigenvalue weighted by atomic mass is 10.1. The molecule has 0 saturated heterocycles. The van der Waals surface area contributed by atoms with Gasteiger partial charge in [0.05, 0.1) is 6.54 Å². The zero-order valence-corrected chi connectivity index (χ0v) is 11.4. The van der Waals surface area contributed by atoms with E-state index in [1.807, 2.05) is 0 Å². The van der Waals surface area contributed by atoms with Crippen molar-refractivity contribution in [2.75, 3.05) is 0 Å². The maximum absolute atomic E-state index is 4.54. The van der Waals surface area contributed by atoms with Gasteiger partial charge in [-0.15, -0.1) is 0 Å². The van der Waals surface area contributed by atoms with E-state index < -0.39 is 0 Å². The van der Waals surface area contributed by atoms with Crippen molar-refractivity contribution in [1.82, 2.24) is 20.1 Å². The molecule has 3 rings (SSSR count). The molecule has 0 aromatic carbocycles. The summed E-state index contributed by atoms with van der Waals surface area (Å²) in [6.07, 6.45) is 3.12. The van der Waals surface area contributed by atoms with Crippen LogP contribution in [0.4, 0.5) is 0 Å². The van der Waals surface area contributed by atoms with Gasteiger partial charge in [0.25, 0.3) is 0 Å². The summed E-state index contributed by atoms with van der Waals surface area (Å²) in [6, 6.07) is 2.69. The minimum atomic E-state index is 0.517. The molecular formula is C13H18N4S. The van der Waals surface area contributed by atoms with Crippen LogP contribution in [0.3, 0.4) is 0 Å². The molecule has 1 N–H and O–H groups in total. The Kier molecular flexibility index (Phi) is 3.43. The monoisotopic (exact) mass is 262 g/mol. The Morgan fingerprint density at radius 3 is 3.28 bits per heavy atom. The Morgan fingerprint density at radius 2 is 2.50 bits per heavy atom. The number of hydrogen-bond acceptors (Lipinski definition) is 4. The summed E-state index contributed by atoms with van der Waals surface area (Å²) in [6.45, 7) is 4.01. The number of aryl methyl sites for hydroxylation is 2. The molecule has 0 fully saturated rings. The highest BCUT2D eigenvalue weighted by atomic mass is 32.1. The van der Waals surface area contributed by atoms with Crippen molar-refractivity contribution < 1.29 is 0 Å². The smallest absolute Gasteiger partial charge is 0.150 e. The first-order chi connectivity index (χ1) is 8.85. The molecular weight excluding hydrogens is 244 g/mol. The van der Waals surface area contributed by atoms with Gasteiger partial charge in [0, 0.05) is 25.4 Å². The summed E-state index contributed by atoms with van der Waals surface area (Å²) in [7, 11) is 0. The molecule has 96 valence electrons. The van der Waals surface area contributed by atoms with E-state index in [-0.39, 0.29) is 0 Å². The Bertz CT molecular complexity index is 503. The zero-order chi connectivity index (χ0) is 12.4.